The van der Waals surface area contributed by atoms with Gasteiger partial charge in [0.05, 0.1) is 25.4 Å². The van der Waals surface area contributed by atoms with Gasteiger partial charge in [0.1, 0.15) is 5.75 Å². The van der Waals surface area contributed by atoms with Crippen molar-refractivity contribution in [2.75, 3.05) is 7.11 Å². The molecule has 3 nitrogen and oxygen atoms in total. The summed E-state index contributed by atoms with van der Waals surface area (Å²) in [4.78, 5) is 0. The van der Waals surface area contributed by atoms with Crippen LogP contribution in [-0.4, -0.2) is 24.4 Å². The fraction of sp³-hybridized carbons (Fsp3) is 0.368. The zero-order valence-electron chi connectivity index (χ0n) is 12.6. The maximum Gasteiger partial charge on any atom is 0.118 e. The first-order valence-electron chi connectivity index (χ1n) is 7.82. The van der Waals surface area contributed by atoms with Crippen molar-refractivity contribution in [3.8, 4) is 16.9 Å². The molecule has 4 atom stereocenters. The lowest BCUT2D eigenvalue weighted by Gasteiger charge is -2.19. The molecule has 0 spiro atoms. The van der Waals surface area contributed by atoms with Gasteiger partial charge in [-0.15, -0.1) is 0 Å². The lowest BCUT2D eigenvalue weighted by atomic mass is 9.92. The average Bonchev–Trinajstić information content (AvgIpc) is 3.20. The number of methoxy groups -OCH3 is 1. The third-order valence-electron chi connectivity index (χ3n) is 4.88. The Bertz CT molecular complexity index is 637. The first-order valence-corrected chi connectivity index (χ1v) is 7.82. The summed E-state index contributed by atoms with van der Waals surface area (Å²) in [7, 11) is 1.67. The molecule has 0 radical (unpaired) electrons. The van der Waals surface area contributed by atoms with Gasteiger partial charge in [0.25, 0.3) is 0 Å². The molecule has 2 fully saturated rings. The lowest BCUT2D eigenvalue weighted by molar-refractivity contribution is 0.0866. The molecule has 1 saturated carbocycles. The molecule has 1 aliphatic heterocycles. The number of fused-ring (bicyclic) bond motifs is 1. The maximum atomic E-state index is 10.5. The Kier molecular flexibility index (Phi) is 3.40. The average molecular weight is 296 g/mol. The summed E-state index contributed by atoms with van der Waals surface area (Å²) in [6.07, 6.45) is 2.44. The highest BCUT2D eigenvalue weighted by atomic mass is 16.6. The highest BCUT2D eigenvalue weighted by Gasteiger charge is 2.49. The number of hydrogen-bond donors (Lipinski definition) is 1. The third-order valence-corrected chi connectivity index (χ3v) is 4.88. The predicted octanol–water partition coefficient (Wildman–Crippen LogP) is 3.57. The van der Waals surface area contributed by atoms with E-state index in [1.165, 1.54) is 0 Å². The molecule has 4 rings (SSSR count). The van der Waals surface area contributed by atoms with Gasteiger partial charge in [-0.3, -0.25) is 0 Å². The maximum absolute atomic E-state index is 10.5. The molecule has 2 aliphatic rings. The number of hydrogen-bond acceptors (Lipinski definition) is 3. The Balaban J connectivity index is 1.49. The number of ether oxygens (including phenoxy) is 2. The normalized spacial score (nSPS) is 27.3. The molecule has 0 amide bonds. The topological polar surface area (TPSA) is 42.0 Å². The van der Waals surface area contributed by atoms with Crippen LogP contribution in [-0.2, 0) is 4.74 Å². The summed E-state index contributed by atoms with van der Waals surface area (Å²) < 4.78 is 10.6. The van der Waals surface area contributed by atoms with Crippen LogP contribution < -0.4 is 4.74 Å². The SMILES string of the molecule is COc1ccc(-c2ccc([C@@H](O)C3C[C@@H]4O[C@@H]4C3)cc2)cc1. The van der Waals surface area contributed by atoms with Gasteiger partial charge in [-0.25, -0.2) is 0 Å². The smallest absolute Gasteiger partial charge is 0.118 e. The van der Waals surface area contributed by atoms with Gasteiger partial charge in [0.2, 0.25) is 0 Å². The minimum Gasteiger partial charge on any atom is -0.497 e. The van der Waals surface area contributed by atoms with Gasteiger partial charge in [0.15, 0.2) is 0 Å². The molecule has 1 saturated heterocycles. The van der Waals surface area contributed by atoms with Crippen molar-refractivity contribution in [3.05, 3.63) is 54.1 Å². The van der Waals surface area contributed by atoms with E-state index in [4.69, 9.17) is 9.47 Å². The van der Waals surface area contributed by atoms with Crippen molar-refractivity contribution in [1.29, 1.82) is 0 Å². The van der Waals surface area contributed by atoms with Crippen molar-refractivity contribution in [2.45, 2.75) is 31.2 Å². The summed E-state index contributed by atoms with van der Waals surface area (Å²) in [6.45, 7) is 0. The monoisotopic (exact) mass is 296 g/mol. The van der Waals surface area contributed by atoms with E-state index in [1.807, 2.05) is 36.4 Å². The van der Waals surface area contributed by atoms with Crippen LogP contribution in [0.5, 0.6) is 5.75 Å². The first-order chi connectivity index (χ1) is 10.7. The van der Waals surface area contributed by atoms with Crippen molar-refractivity contribution in [3.63, 3.8) is 0 Å². The molecule has 1 heterocycles. The molecule has 2 aromatic rings. The summed E-state index contributed by atoms with van der Waals surface area (Å²) in [6, 6.07) is 16.2. The van der Waals surface area contributed by atoms with Crippen LogP contribution in [0.1, 0.15) is 24.5 Å². The van der Waals surface area contributed by atoms with Crippen molar-refractivity contribution >= 4 is 0 Å². The number of aliphatic hydroxyl groups is 1. The molecular weight excluding hydrogens is 276 g/mol. The second kappa shape index (κ2) is 5.41. The van der Waals surface area contributed by atoms with E-state index in [1.54, 1.807) is 7.11 Å². The lowest BCUT2D eigenvalue weighted by Crippen LogP contribution is -2.11. The fourth-order valence-corrected chi connectivity index (χ4v) is 3.47. The highest BCUT2D eigenvalue weighted by Crippen LogP contribution is 2.47. The summed E-state index contributed by atoms with van der Waals surface area (Å²) >= 11 is 0. The van der Waals surface area contributed by atoms with Crippen LogP contribution in [0.4, 0.5) is 0 Å². The molecule has 1 unspecified atom stereocenters. The van der Waals surface area contributed by atoms with Crippen LogP contribution in [0.25, 0.3) is 11.1 Å². The van der Waals surface area contributed by atoms with Crippen LogP contribution in [0.2, 0.25) is 0 Å². The molecule has 0 bridgehead atoms. The Morgan fingerprint density at radius 2 is 1.50 bits per heavy atom. The quantitative estimate of drug-likeness (QED) is 0.877. The fourth-order valence-electron chi connectivity index (χ4n) is 3.47. The van der Waals surface area contributed by atoms with E-state index >= 15 is 0 Å². The standard InChI is InChI=1S/C19H20O3/c1-21-16-8-6-13(7-9-16)12-2-4-14(5-3-12)19(20)15-10-17-18(11-15)22-17/h2-9,15,17-20H,10-11H2,1H3/t15?,17-,18+,19-/m1/s1. The molecule has 3 heteroatoms. The molecule has 1 aliphatic carbocycles. The largest absolute Gasteiger partial charge is 0.497 e. The molecule has 114 valence electrons. The highest BCUT2D eigenvalue weighted by molar-refractivity contribution is 5.64. The Morgan fingerprint density at radius 3 is 2.05 bits per heavy atom. The van der Waals surface area contributed by atoms with Crippen LogP contribution in [0.3, 0.4) is 0 Å². The second-order valence-electron chi connectivity index (χ2n) is 6.24. The van der Waals surface area contributed by atoms with E-state index in [0.29, 0.717) is 18.1 Å². The minimum atomic E-state index is -0.374. The number of rotatable bonds is 4. The number of benzene rings is 2. The van der Waals surface area contributed by atoms with Gasteiger partial charge in [-0.05, 0) is 47.6 Å². The van der Waals surface area contributed by atoms with E-state index in [0.717, 1.165) is 35.3 Å². The van der Waals surface area contributed by atoms with Crippen molar-refractivity contribution < 1.29 is 14.6 Å². The van der Waals surface area contributed by atoms with Gasteiger partial charge in [-0.2, -0.15) is 0 Å². The Morgan fingerprint density at radius 1 is 0.955 bits per heavy atom. The minimum absolute atomic E-state index is 0.343. The van der Waals surface area contributed by atoms with Crippen molar-refractivity contribution in [2.24, 2.45) is 5.92 Å². The van der Waals surface area contributed by atoms with E-state index in [9.17, 15) is 5.11 Å². The molecule has 1 N–H and O–H groups in total. The van der Waals surface area contributed by atoms with Gasteiger partial charge in [-0.1, -0.05) is 36.4 Å². The number of aliphatic hydroxyl groups excluding tert-OH is 1. The zero-order valence-corrected chi connectivity index (χ0v) is 12.6. The van der Waals surface area contributed by atoms with Gasteiger partial charge in [0, 0.05) is 0 Å². The van der Waals surface area contributed by atoms with Gasteiger partial charge < -0.3 is 14.6 Å². The van der Waals surface area contributed by atoms with Crippen LogP contribution in [0.15, 0.2) is 48.5 Å². The van der Waals surface area contributed by atoms with E-state index in [2.05, 4.69) is 12.1 Å². The number of epoxide rings is 1. The van der Waals surface area contributed by atoms with Crippen LogP contribution >= 0.6 is 0 Å². The Labute approximate surface area is 130 Å². The van der Waals surface area contributed by atoms with E-state index in [-0.39, 0.29) is 6.10 Å². The summed E-state index contributed by atoms with van der Waals surface area (Å²) in [5.74, 6) is 1.20. The van der Waals surface area contributed by atoms with Crippen molar-refractivity contribution in [1.82, 2.24) is 0 Å². The summed E-state index contributed by atoms with van der Waals surface area (Å²) in [5, 5.41) is 10.5. The molecule has 2 aromatic carbocycles. The summed E-state index contributed by atoms with van der Waals surface area (Å²) in [5.41, 5.74) is 3.30. The molecule has 22 heavy (non-hydrogen) atoms. The first kappa shape index (κ1) is 13.8. The van der Waals surface area contributed by atoms with Crippen LogP contribution in [0, 0.1) is 5.92 Å². The zero-order chi connectivity index (χ0) is 15.1. The Hall–Kier alpha value is -1.84. The predicted molar refractivity (Wildman–Crippen MR) is 84.8 cm³/mol. The van der Waals surface area contributed by atoms with Gasteiger partial charge >= 0.3 is 0 Å². The molecule has 0 aromatic heterocycles. The molecular formula is C19H20O3. The van der Waals surface area contributed by atoms with E-state index < -0.39 is 0 Å². The third kappa shape index (κ3) is 2.51. The second-order valence-corrected chi connectivity index (χ2v) is 6.24.